The molecule has 0 bridgehead atoms. The molecule has 0 N–H and O–H groups in total. The second kappa shape index (κ2) is 8.71. The van der Waals surface area contributed by atoms with Crippen LogP contribution in [0.5, 0.6) is 0 Å². The van der Waals surface area contributed by atoms with Gasteiger partial charge in [-0.25, -0.2) is 0 Å². The number of thiophene rings is 1. The van der Waals surface area contributed by atoms with E-state index in [9.17, 15) is 4.79 Å². The molecule has 6 heteroatoms. The maximum Gasteiger partial charge on any atom is 0.242 e. The summed E-state index contributed by atoms with van der Waals surface area (Å²) in [5.74, 6) is 0.129. The maximum absolute atomic E-state index is 13.0. The summed E-state index contributed by atoms with van der Waals surface area (Å²) >= 11 is 3.14. The number of rotatable bonds is 6. The van der Waals surface area contributed by atoms with Gasteiger partial charge in [-0.2, -0.15) is 5.10 Å². The van der Waals surface area contributed by atoms with Crippen molar-refractivity contribution in [3.63, 3.8) is 0 Å². The third kappa shape index (κ3) is 4.03. The molecule has 4 nitrogen and oxygen atoms in total. The number of benzene rings is 2. The van der Waals surface area contributed by atoms with Gasteiger partial charge in [0.1, 0.15) is 0 Å². The van der Waals surface area contributed by atoms with Crippen LogP contribution in [0.3, 0.4) is 0 Å². The van der Waals surface area contributed by atoms with Gasteiger partial charge < -0.3 is 0 Å². The van der Waals surface area contributed by atoms with Gasteiger partial charge in [0.15, 0.2) is 5.17 Å². The SMILES string of the molecule is CCC[C@@H]1S/C(=N/N=C\c2cccs2)N(Cc2cccc3ccccc23)C1=O. The first-order valence-electron chi connectivity index (χ1n) is 9.35. The Bertz CT molecular complexity index is 1020. The van der Waals surface area contributed by atoms with Crippen LogP contribution < -0.4 is 0 Å². The van der Waals surface area contributed by atoms with Gasteiger partial charge in [-0.3, -0.25) is 9.69 Å². The number of amides is 1. The van der Waals surface area contributed by atoms with E-state index in [0.29, 0.717) is 11.7 Å². The summed E-state index contributed by atoms with van der Waals surface area (Å²) in [5, 5.41) is 13.6. The fraction of sp³-hybridized carbons (Fsp3) is 0.227. The van der Waals surface area contributed by atoms with Crippen molar-refractivity contribution >= 4 is 51.2 Å². The quantitative estimate of drug-likeness (QED) is 0.398. The Labute approximate surface area is 173 Å². The molecule has 4 rings (SSSR count). The van der Waals surface area contributed by atoms with E-state index in [1.54, 1.807) is 22.5 Å². The highest BCUT2D eigenvalue weighted by molar-refractivity contribution is 8.15. The van der Waals surface area contributed by atoms with Crippen molar-refractivity contribution in [2.75, 3.05) is 0 Å². The van der Waals surface area contributed by atoms with Crippen molar-refractivity contribution in [2.45, 2.75) is 31.6 Å². The van der Waals surface area contributed by atoms with Crippen LogP contribution in [0.1, 0.15) is 30.2 Å². The third-order valence-corrected chi connectivity index (χ3v) is 6.69. The first-order valence-corrected chi connectivity index (χ1v) is 11.1. The molecule has 1 saturated heterocycles. The van der Waals surface area contributed by atoms with Gasteiger partial charge in [0.25, 0.3) is 0 Å². The Kier molecular flexibility index (Phi) is 5.88. The number of fused-ring (bicyclic) bond motifs is 1. The van der Waals surface area contributed by atoms with Crippen LogP contribution >= 0.6 is 23.1 Å². The Balaban J connectivity index is 1.63. The van der Waals surface area contributed by atoms with Crippen LogP contribution in [0.4, 0.5) is 0 Å². The lowest BCUT2D eigenvalue weighted by Gasteiger charge is -2.17. The van der Waals surface area contributed by atoms with E-state index in [4.69, 9.17) is 0 Å². The van der Waals surface area contributed by atoms with Crippen LogP contribution in [0.15, 0.2) is 70.2 Å². The fourth-order valence-corrected chi connectivity index (χ4v) is 5.07. The molecule has 0 spiro atoms. The Morgan fingerprint density at radius 1 is 1.11 bits per heavy atom. The van der Waals surface area contributed by atoms with Gasteiger partial charge in [0.2, 0.25) is 5.91 Å². The molecule has 0 saturated carbocycles. The van der Waals surface area contributed by atoms with E-state index in [0.717, 1.165) is 23.3 Å². The largest absolute Gasteiger partial charge is 0.284 e. The predicted molar refractivity (Wildman–Crippen MR) is 120 cm³/mol. The normalized spacial score (nSPS) is 18.8. The molecule has 2 aromatic carbocycles. The summed E-state index contributed by atoms with van der Waals surface area (Å²) in [6.45, 7) is 2.62. The topological polar surface area (TPSA) is 45.0 Å². The average molecular weight is 408 g/mol. The van der Waals surface area contributed by atoms with Gasteiger partial charge in [0, 0.05) is 4.88 Å². The summed E-state index contributed by atoms with van der Waals surface area (Å²) in [6, 6.07) is 18.5. The molecule has 3 aromatic rings. The predicted octanol–water partition coefficient (Wildman–Crippen LogP) is 5.54. The summed E-state index contributed by atoms with van der Waals surface area (Å²) in [7, 11) is 0. The molecule has 142 valence electrons. The Hall–Kier alpha value is -2.44. The minimum atomic E-state index is -0.0735. The number of hydrogen-bond donors (Lipinski definition) is 0. The van der Waals surface area contributed by atoms with Crippen LogP contribution in [0.2, 0.25) is 0 Å². The van der Waals surface area contributed by atoms with Crippen molar-refractivity contribution in [3.8, 4) is 0 Å². The number of amidine groups is 1. The molecule has 1 aliphatic heterocycles. The van der Waals surface area contributed by atoms with Gasteiger partial charge in [-0.15, -0.1) is 16.4 Å². The number of carbonyl (C=O) groups is 1. The molecule has 1 aliphatic rings. The second-order valence-electron chi connectivity index (χ2n) is 6.60. The molecular weight excluding hydrogens is 386 g/mol. The monoisotopic (exact) mass is 407 g/mol. The number of nitrogens with zero attached hydrogens (tertiary/aromatic N) is 3. The van der Waals surface area contributed by atoms with Crippen LogP contribution in [0, 0.1) is 0 Å². The lowest BCUT2D eigenvalue weighted by Crippen LogP contribution is -2.31. The minimum Gasteiger partial charge on any atom is -0.284 e. The summed E-state index contributed by atoms with van der Waals surface area (Å²) in [6.07, 6.45) is 3.56. The smallest absolute Gasteiger partial charge is 0.242 e. The zero-order valence-electron chi connectivity index (χ0n) is 15.6. The zero-order valence-corrected chi connectivity index (χ0v) is 17.2. The molecular formula is C22H21N3OS2. The van der Waals surface area contributed by atoms with Crippen LogP contribution in [-0.2, 0) is 11.3 Å². The van der Waals surface area contributed by atoms with E-state index >= 15 is 0 Å². The molecule has 1 aromatic heterocycles. The first-order chi connectivity index (χ1) is 13.8. The Morgan fingerprint density at radius 2 is 1.96 bits per heavy atom. The van der Waals surface area contributed by atoms with Crippen molar-refractivity contribution in [1.29, 1.82) is 0 Å². The number of hydrogen-bond acceptors (Lipinski definition) is 5. The highest BCUT2D eigenvalue weighted by Gasteiger charge is 2.37. The van der Waals surface area contributed by atoms with Crippen LogP contribution in [-0.4, -0.2) is 27.4 Å². The highest BCUT2D eigenvalue weighted by atomic mass is 32.2. The van der Waals surface area contributed by atoms with E-state index in [2.05, 4.69) is 41.4 Å². The van der Waals surface area contributed by atoms with Gasteiger partial charge in [-0.05, 0) is 34.2 Å². The molecule has 2 heterocycles. The van der Waals surface area contributed by atoms with Crippen molar-refractivity contribution in [2.24, 2.45) is 10.2 Å². The molecule has 28 heavy (non-hydrogen) atoms. The minimum absolute atomic E-state index is 0.0735. The Morgan fingerprint density at radius 3 is 2.79 bits per heavy atom. The molecule has 1 fully saturated rings. The van der Waals surface area contributed by atoms with Gasteiger partial charge in [0.05, 0.1) is 18.0 Å². The standard InChI is InChI=1S/C22H21N3OS2/c1-2-7-20-21(26)25(22(28-20)24-23-14-18-11-6-13-27-18)15-17-10-5-9-16-8-3-4-12-19(16)17/h3-6,8-14,20H,2,7,15H2,1H3/b23-14-,24-22+/t20-/m0/s1. The van der Waals surface area contributed by atoms with E-state index < -0.39 is 0 Å². The zero-order chi connectivity index (χ0) is 19.3. The summed E-state index contributed by atoms with van der Waals surface area (Å²) in [4.78, 5) is 15.8. The highest BCUT2D eigenvalue weighted by Crippen LogP contribution is 2.32. The average Bonchev–Trinajstić information content (AvgIpc) is 3.33. The molecule has 1 amide bonds. The molecule has 0 aliphatic carbocycles. The van der Waals surface area contributed by atoms with E-state index in [1.807, 2.05) is 35.7 Å². The lowest BCUT2D eigenvalue weighted by molar-refractivity contribution is -0.126. The summed E-state index contributed by atoms with van der Waals surface area (Å²) < 4.78 is 0. The van der Waals surface area contributed by atoms with Crippen molar-refractivity contribution in [3.05, 3.63) is 70.4 Å². The first kappa shape index (κ1) is 18.9. The second-order valence-corrected chi connectivity index (χ2v) is 8.75. The van der Waals surface area contributed by atoms with Gasteiger partial charge >= 0.3 is 0 Å². The fourth-order valence-electron chi connectivity index (χ4n) is 3.28. The maximum atomic E-state index is 13.0. The number of thioether (sulfide) groups is 1. The van der Waals surface area contributed by atoms with Crippen molar-refractivity contribution < 1.29 is 4.79 Å². The summed E-state index contributed by atoms with van der Waals surface area (Å²) in [5.41, 5.74) is 1.12. The third-order valence-electron chi connectivity index (χ3n) is 4.65. The van der Waals surface area contributed by atoms with E-state index in [1.165, 1.54) is 22.5 Å². The van der Waals surface area contributed by atoms with Gasteiger partial charge in [-0.1, -0.05) is 73.6 Å². The molecule has 0 radical (unpaired) electrons. The van der Waals surface area contributed by atoms with Crippen molar-refractivity contribution in [1.82, 2.24) is 4.90 Å². The molecule has 1 atom stereocenters. The lowest BCUT2D eigenvalue weighted by atomic mass is 10.0. The number of carbonyl (C=O) groups excluding carboxylic acids is 1. The van der Waals surface area contributed by atoms with E-state index in [-0.39, 0.29) is 11.2 Å². The van der Waals surface area contributed by atoms with Crippen LogP contribution in [0.25, 0.3) is 10.8 Å². The molecule has 0 unspecified atom stereocenters.